The van der Waals surface area contributed by atoms with Gasteiger partial charge in [-0.05, 0) is 29.8 Å². The third-order valence-electron chi connectivity index (χ3n) is 2.24. The average molecular weight is 281 g/mol. The summed E-state index contributed by atoms with van der Waals surface area (Å²) in [6.07, 6.45) is 1.66. The Bertz CT molecular complexity index is 560. The molecule has 0 aliphatic carbocycles. The second-order valence-electron chi connectivity index (χ2n) is 3.53. The molecule has 2 rings (SSSR count). The van der Waals surface area contributed by atoms with Gasteiger partial charge in [0.15, 0.2) is 0 Å². The quantitative estimate of drug-likeness (QED) is 0.368. The predicted molar refractivity (Wildman–Crippen MR) is 71.9 cm³/mol. The molecular weight excluding hydrogens is 272 g/mol. The normalized spacial score (nSPS) is 10.3. The molecule has 2 aromatic rings. The molecule has 1 aromatic carbocycles. The van der Waals surface area contributed by atoms with Crippen LogP contribution in [-0.4, -0.2) is 9.91 Å². The third-order valence-corrected chi connectivity index (χ3v) is 3.53. The Morgan fingerprint density at radius 2 is 2.00 bits per heavy atom. The van der Waals surface area contributed by atoms with Crippen molar-refractivity contribution < 1.29 is 4.92 Å². The van der Waals surface area contributed by atoms with Gasteiger partial charge in [0.25, 0.3) is 5.69 Å². The van der Waals surface area contributed by atoms with Crippen molar-refractivity contribution >= 4 is 29.1 Å². The molecule has 0 amide bonds. The largest absolute Gasteiger partial charge is 0.269 e. The Kier molecular flexibility index (Phi) is 4.17. The van der Waals surface area contributed by atoms with Gasteiger partial charge in [0.1, 0.15) is 5.15 Å². The number of nitro groups is 1. The highest BCUT2D eigenvalue weighted by Crippen LogP contribution is 2.25. The van der Waals surface area contributed by atoms with Crippen LogP contribution < -0.4 is 0 Å². The molecular formula is C12H9ClN2O2S. The fraction of sp³-hybridized carbons (Fsp3) is 0.0833. The van der Waals surface area contributed by atoms with Gasteiger partial charge < -0.3 is 0 Å². The van der Waals surface area contributed by atoms with Crippen LogP contribution in [0.15, 0.2) is 47.5 Å². The van der Waals surface area contributed by atoms with Gasteiger partial charge in [0, 0.05) is 29.0 Å². The van der Waals surface area contributed by atoms with E-state index in [1.807, 2.05) is 6.07 Å². The summed E-state index contributed by atoms with van der Waals surface area (Å²) in [6, 6.07) is 10.2. The van der Waals surface area contributed by atoms with E-state index in [9.17, 15) is 10.1 Å². The topological polar surface area (TPSA) is 56.0 Å². The van der Waals surface area contributed by atoms with Crippen molar-refractivity contribution in [2.24, 2.45) is 0 Å². The number of halogens is 1. The van der Waals surface area contributed by atoms with Gasteiger partial charge >= 0.3 is 0 Å². The van der Waals surface area contributed by atoms with Crippen LogP contribution in [0.3, 0.4) is 0 Å². The molecule has 1 heterocycles. The number of pyridine rings is 1. The van der Waals surface area contributed by atoms with E-state index >= 15 is 0 Å². The summed E-state index contributed by atoms with van der Waals surface area (Å²) >= 11 is 7.38. The van der Waals surface area contributed by atoms with Crippen molar-refractivity contribution in [3.63, 3.8) is 0 Å². The number of thioether (sulfide) groups is 1. The number of aromatic nitrogens is 1. The first-order valence-corrected chi connectivity index (χ1v) is 6.49. The maximum absolute atomic E-state index is 10.5. The molecule has 6 heteroatoms. The van der Waals surface area contributed by atoms with Crippen LogP contribution in [0.4, 0.5) is 5.69 Å². The first-order chi connectivity index (χ1) is 8.65. The Morgan fingerprint density at radius 1 is 1.28 bits per heavy atom. The van der Waals surface area contributed by atoms with Gasteiger partial charge in [0.05, 0.1) is 4.92 Å². The summed E-state index contributed by atoms with van der Waals surface area (Å²) in [4.78, 5) is 15.0. The summed E-state index contributed by atoms with van der Waals surface area (Å²) in [6.45, 7) is 0. The number of nitrogens with zero attached hydrogens (tertiary/aromatic N) is 2. The van der Waals surface area contributed by atoms with Gasteiger partial charge in [-0.3, -0.25) is 10.1 Å². The number of rotatable bonds is 4. The minimum atomic E-state index is -0.406. The van der Waals surface area contributed by atoms with E-state index in [2.05, 4.69) is 4.98 Å². The van der Waals surface area contributed by atoms with Crippen molar-refractivity contribution in [2.75, 3.05) is 0 Å². The summed E-state index contributed by atoms with van der Waals surface area (Å²) in [7, 11) is 0. The van der Waals surface area contributed by atoms with Crippen LogP contribution in [0, 0.1) is 10.1 Å². The predicted octanol–water partition coefficient (Wildman–Crippen LogP) is 3.94. The lowest BCUT2D eigenvalue weighted by Crippen LogP contribution is -1.87. The SMILES string of the molecule is O=[N+]([O-])c1ccc(SCc2ccnc(Cl)c2)cc1. The summed E-state index contributed by atoms with van der Waals surface area (Å²) < 4.78 is 0. The number of benzene rings is 1. The second kappa shape index (κ2) is 5.84. The molecule has 0 bridgehead atoms. The van der Waals surface area contributed by atoms with Gasteiger partial charge in [0.2, 0.25) is 0 Å². The molecule has 0 radical (unpaired) electrons. The van der Waals surface area contributed by atoms with Crippen molar-refractivity contribution in [1.82, 2.24) is 4.98 Å². The van der Waals surface area contributed by atoms with E-state index in [1.54, 1.807) is 36.2 Å². The van der Waals surface area contributed by atoms with Crippen molar-refractivity contribution in [2.45, 2.75) is 10.6 Å². The van der Waals surface area contributed by atoms with E-state index in [0.717, 1.165) is 16.2 Å². The van der Waals surface area contributed by atoms with Crippen molar-refractivity contribution in [3.8, 4) is 0 Å². The van der Waals surface area contributed by atoms with Gasteiger partial charge in [-0.2, -0.15) is 0 Å². The molecule has 0 aliphatic heterocycles. The number of hydrogen-bond donors (Lipinski definition) is 0. The first-order valence-electron chi connectivity index (χ1n) is 5.13. The van der Waals surface area contributed by atoms with Gasteiger partial charge in [-0.15, -0.1) is 11.8 Å². The lowest BCUT2D eigenvalue weighted by atomic mass is 10.3. The maximum Gasteiger partial charge on any atom is 0.269 e. The molecule has 0 N–H and O–H groups in total. The Balaban J connectivity index is 2.00. The average Bonchev–Trinajstić information content (AvgIpc) is 2.37. The third kappa shape index (κ3) is 3.45. The molecule has 1 aromatic heterocycles. The fourth-order valence-electron chi connectivity index (χ4n) is 1.36. The Hall–Kier alpha value is -1.59. The zero-order chi connectivity index (χ0) is 13.0. The summed E-state index contributed by atoms with van der Waals surface area (Å²) in [5.74, 6) is 0.750. The van der Waals surface area contributed by atoms with Crippen LogP contribution in [-0.2, 0) is 5.75 Å². The molecule has 0 fully saturated rings. The van der Waals surface area contributed by atoms with Crippen LogP contribution in [0.5, 0.6) is 0 Å². The minimum absolute atomic E-state index is 0.103. The lowest BCUT2D eigenvalue weighted by Gasteiger charge is -2.02. The van der Waals surface area contributed by atoms with Crippen molar-refractivity contribution in [1.29, 1.82) is 0 Å². The van der Waals surface area contributed by atoms with Crippen LogP contribution >= 0.6 is 23.4 Å². The first kappa shape index (κ1) is 12.9. The summed E-state index contributed by atoms with van der Waals surface area (Å²) in [5, 5.41) is 11.0. The molecule has 0 unspecified atom stereocenters. The van der Waals surface area contributed by atoms with E-state index < -0.39 is 4.92 Å². The zero-order valence-corrected chi connectivity index (χ0v) is 10.8. The molecule has 0 atom stereocenters. The highest BCUT2D eigenvalue weighted by Gasteiger charge is 2.04. The van der Waals surface area contributed by atoms with E-state index in [-0.39, 0.29) is 5.69 Å². The standard InChI is InChI=1S/C12H9ClN2O2S/c13-12-7-9(5-6-14-12)8-18-11-3-1-10(2-4-11)15(16)17/h1-7H,8H2. The number of nitro benzene ring substituents is 1. The molecule has 4 nitrogen and oxygen atoms in total. The van der Waals surface area contributed by atoms with E-state index in [1.165, 1.54) is 12.1 Å². The van der Waals surface area contributed by atoms with Crippen LogP contribution in [0.1, 0.15) is 5.56 Å². The van der Waals surface area contributed by atoms with E-state index in [0.29, 0.717) is 5.15 Å². The highest BCUT2D eigenvalue weighted by molar-refractivity contribution is 7.98. The Morgan fingerprint density at radius 3 is 2.61 bits per heavy atom. The van der Waals surface area contributed by atoms with E-state index in [4.69, 9.17) is 11.6 Å². The van der Waals surface area contributed by atoms with Crippen LogP contribution in [0.2, 0.25) is 5.15 Å². The molecule has 0 saturated heterocycles. The van der Waals surface area contributed by atoms with Crippen LogP contribution in [0.25, 0.3) is 0 Å². The molecule has 0 saturated carbocycles. The number of hydrogen-bond acceptors (Lipinski definition) is 4. The van der Waals surface area contributed by atoms with Gasteiger partial charge in [-0.1, -0.05) is 11.6 Å². The van der Waals surface area contributed by atoms with Gasteiger partial charge in [-0.25, -0.2) is 4.98 Å². The monoisotopic (exact) mass is 280 g/mol. The zero-order valence-electron chi connectivity index (χ0n) is 9.25. The molecule has 0 spiro atoms. The molecule has 18 heavy (non-hydrogen) atoms. The smallest absolute Gasteiger partial charge is 0.258 e. The summed E-state index contributed by atoms with van der Waals surface area (Å²) in [5.41, 5.74) is 1.17. The lowest BCUT2D eigenvalue weighted by molar-refractivity contribution is -0.384. The van der Waals surface area contributed by atoms with Crippen molar-refractivity contribution in [3.05, 3.63) is 63.4 Å². The number of non-ortho nitro benzene ring substituents is 1. The highest BCUT2D eigenvalue weighted by atomic mass is 35.5. The second-order valence-corrected chi connectivity index (χ2v) is 4.96. The Labute approximate surface area is 113 Å². The minimum Gasteiger partial charge on any atom is -0.258 e. The molecule has 0 aliphatic rings. The molecule has 92 valence electrons. The fourth-order valence-corrected chi connectivity index (χ4v) is 2.40. The maximum atomic E-state index is 10.5.